The van der Waals surface area contributed by atoms with Crippen LogP contribution in [-0.4, -0.2) is 52.5 Å². The molecule has 1 aromatic heterocycles. The average Bonchev–Trinajstić information content (AvgIpc) is 3.14. The molecule has 0 saturated carbocycles. The van der Waals surface area contributed by atoms with Gasteiger partial charge >= 0.3 is 6.03 Å². The van der Waals surface area contributed by atoms with E-state index in [-0.39, 0.29) is 6.03 Å². The lowest BCUT2D eigenvalue weighted by atomic mass is 9.75. The first-order chi connectivity index (χ1) is 13.2. The van der Waals surface area contributed by atoms with Crippen LogP contribution in [0.1, 0.15) is 24.3 Å². The summed E-state index contributed by atoms with van der Waals surface area (Å²) in [5.74, 6) is 0.957. The zero-order valence-electron chi connectivity index (χ0n) is 15.1. The van der Waals surface area contributed by atoms with E-state index in [2.05, 4.69) is 48.8 Å². The number of urea groups is 1. The number of fused-ring (bicyclic) bond motifs is 2. The zero-order chi connectivity index (χ0) is 18.4. The number of nitrogens with zero attached hydrogens (tertiary/aromatic N) is 3. The number of benzene rings is 1. The second kappa shape index (κ2) is 7.05. The van der Waals surface area contributed by atoms with Crippen molar-refractivity contribution >= 4 is 34.3 Å². The van der Waals surface area contributed by atoms with Crippen LogP contribution >= 0.6 is 22.6 Å². The lowest BCUT2D eigenvalue weighted by Gasteiger charge is -2.51. The quantitative estimate of drug-likeness (QED) is 0.675. The molecule has 4 fully saturated rings. The number of pyridine rings is 1. The minimum Gasteiger partial charge on any atom is -0.319 e. The van der Waals surface area contributed by atoms with E-state index >= 15 is 0 Å². The number of nitrogens with one attached hydrogen (secondary N) is 1. The van der Waals surface area contributed by atoms with Crippen molar-refractivity contribution in [2.45, 2.75) is 30.8 Å². The van der Waals surface area contributed by atoms with E-state index in [0.717, 1.165) is 25.3 Å². The molecule has 140 valence electrons. The predicted octanol–water partition coefficient (Wildman–Crippen LogP) is 3.78. The van der Waals surface area contributed by atoms with Crippen molar-refractivity contribution in [1.29, 1.82) is 0 Å². The summed E-state index contributed by atoms with van der Waals surface area (Å²) >= 11 is 2.28. The second-order valence-corrected chi connectivity index (χ2v) is 9.08. The van der Waals surface area contributed by atoms with E-state index in [1.54, 1.807) is 0 Å². The van der Waals surface area contributed by atoms with Crippen LogP contribution in [0.4, 0.5) is 10.5 Å². The molecule has 27 heavy (non-hydrogen) atoms. The molecule has 3 atom stereocenters. The SMILES string of the molecule is O=C(Nc1ccc(I)cc1)N1CC(c2cccnc2)C2C1C1CCN2CC1. The molecule has 0 radical (unpaired) electrons. The molecule has 5 heterocycles. The topological polar surface area (TPSA) is 48.5 Å². The van der Waals surface area contributed by atoms with Crippen LogP contribution in [0.3, 0.4) is 0 Å². The highest BCUT2D eigenvalue weighted by Gasteiger charge is 2.54. The number of hydrogen-bond acceptors (Lipinski definition) is 3. The number of likely N-dealkylation sites (tertiary alicyclic amines) is 1. The highest BCUT2D eigenvalue weighted by Crippen LogP contribution is 2.46. The molecular weight excluding hydrogens is 451 g/mol. The number of aromatic nitrogens is 1. The van der Waals surface area contributed by atoms with Crippen molar-refractivity contribution in [2.75, 3.05) is 25.0 Å². The van der Waals surface area contributed by atoms with Gasteiger partial charge < -0.3 is 10.2 Å². The highest BCUT2D eigenvalue weighted by molar-refractivity contribution is 14.1. The third-order valence-electron chi connectivity index (χ3n) is 6.46. The van der Waals surface area contributed by atoms with Crippen LogP contribution in [0.5, 0.6) is 0 Å². The summed E-state index contributed by atoms with van der Waals surface area (Å²) in [7, 11) is 0. The van der Waals surface area contributed by atoms with Gasteiger partial charge in [0, 0.05) is 40.2 Å². The minimum atomic E-state index is 0.0337. The number of anilines is 1. The van der Waals surface area contributed by atoms with Crippen LogP contribution in [0, 0.1) is 9.49 Å². The lowest BCUT2D eigenvalue weighted by Crippen LogP contribution is -2.61. The van der Waals surface area contributed by atoms with E-state index in [9.17, 15) is 4.79 Å². The van der Waals surface area contributed by atoms with Crippen molar-refractivity contribution in [1.82, 2.24) is 14.8 Å². The van der Waals surface area contributed by atoms with Crippen LogP contribution in [0.25, 0.3) is 0 Å². The monoisotopic (exact) mass is 474 g/mol. The molecule has 3 unspecified atom stereocenters. The van der Waals surface area contributed by atoms with Crippen LogP contribution in [0.2, 0.25) is 0 Å². The molecule has 0 aliphatic carbocycles. The number of rotatable bonds is 2. The summed E-state index contributed by atoms with van der Waals surface area (Å²) in [6.07, 6.45) is 6.21. The van der Waals surface area contributed by atoms with E-state index < -0.39 is 0 Å². The molecule has 1 aromatic carbocycles. The molecule has 4 aliphatic rings. The summed E-state index contributed by atoms with van der Waals surface area (Å²) < 4.78 is 1.17. The summed E-state index contributed by atoms with van der Waals surface area (Å²) in [5.41, 5.74) is 2.12. The van der Waals surface area contributed by atoms with E-state index in [0.29, 0.717) is 23.9 Å². The molecule has 4 saturated heterocycles. The van der Waals surface area contributed by atoms with E-state index in [4.69, 9.17) is 0 Å². The lowest BCUT2D eigenvalue weighted by molar-refractivity contribution is 0.00493. The maximum atomic E-state index is 13.2. The first kappa shape index (κ1) is 17.4. The van der Waals surface area contributed by atoms with Gasteiger partial charge in [0.25, 0.3) is 0 Å². The van der Waals surface area contributed by atoms with Gasteiger partial charge in [0.2, 0.25) is 0 Å². The Labute approximate surface area is 173 Å². The smallest absolute Gasteiger partial charge is 0.319 e. The summed E-state index contributed by atoms with van der Waals surface area (Å²) in [6, 6.07) is 12.9. The number of carbonyl (C=O) groups excluding carboxylic acids is 1. The van der Waals surface area contributed by atoms with E-state index in [1.165, 1.54) is 22.0 Å². The summed E-state index contributed by atoms with van der Waals surface area (Å²) in [4.78, 5) is 22.2. The Morgan fingerprint density at radius 1 is 1.11 bits per heavy atom. The molecule has 6 rings (SSSR count). The first-order valence-corrected chi connectivity index (χ1v) is 10.8. The van der Waals surface area contributed by atoms with Gasteiger partial charge in [0.15, 0.2) is 0 Å². The number of hydrogen-bond donors (Lipinski definition) is 1. The zero-order valence-corrected chi connectivity index (χ0v) is 17.2. The third-order valence-corrected chi connectivity index (χ3v) is 7.18. The molecular formula is C21H23IN4O. The van der Waals surface area contributed by atoms with Crippen molar-refractivity contribution in [3.63, 3.8) is 0 Å². The van der Waals surface area contributed by atoms with Crippen LogP contribution in [0.15, 0.2) is 48.8 Å². The Balaban J connectivity index is 1.43. The van der Waals surface area contributed by atoms with Crippen molar-refractivity contribution in [3.8, 4) is 0 Å². The fourth-order valence-corrected chi connectivity index (χ4v) is 5.63. The number of halogens is 1. The van der Waals surface area contributed by atoms with Gasteiger partial charge in [-0.05, 0) is 90.3 Å². The van der Waals surface area contributed by atoms with Crippen molar-refractivity contribution in [3.05, 3.63) is 57.9 Å². The molecule has 2 aromatic rings. The molecule has 6 heteroatoms. The average molecular weight is 474 g/mol. The van der Waals surface area contributed by atoms with Gasteiger partial charge in [-0.3, -0.25) is 9.88 Å². The van der Waals surface area contributed by atoms with Gasteiger partial charge in [-0.2, -0.15) is 0 Å². The molecule has 2 bridgehead atoms. The highest BCUT2D eigenvalue weighted by atomic mass is 127. The Kier molecular flexibility index (Phi) is 4.55. The maximum absolute atomic E-state index is 13.2. The fraction of sp³-hybridized carbons (Fsp3) is 0.429. The van der Waals surface area contributed by atoms with Crippen molar-refractivity contribution in [2.24, 2.45) is 5.92 Å². The van der Waals surface area contributed by atoms with Gasteiger partial charge in [-0.25, -0.2) is 4.79 Å². The van der Waals surface area contributed by atoms with Crippen molar-refractivity contribution < 1.29 is 4.79 Å². The summed E-state index contributed by atoms with van der Waals surface area (Å²) in [5, 5.41) is 3.13. The third kappa shape index (κ3) is 3.12. The second-order valence-electron chi connectivity index (χ2n) is 7.84. The minimum absolute atomic E-state index is 0.0337. The van der Waals surface area contributed by atoms with Gasteiger partial charge in [-0.1, -0.05) is 6.07 Å². The molecule has 0 spiro atoms. The molecule has 2 amide bonds. The normalized spacial score (nSPS) is 31.6. The molecule has 1 N–H and O–H groups in total. The Morgan fingerprint density at radius 2 is 1.89 bits per heavy atom. The predicted molar refractivity (Wildman–Crippen MR) is 114 cm³/mol. The van der Waals surface area contributed by atoms with Crippen LogP contribution < -0.4 is 5.32 Å². The molecule has 4 aliphatic heterocycles. The standard InChI is InChI=1S/C21H23IN4O/c22-16-3-5-17(6-4-16)24-21(27)26-13-18(15-2-1-9-23-12-15)20-19(26)14-7-10-25(20)11-8-14/h1-6,9,12,14,18-20H,7-8,10-11,13H2,(H,24,27). The van der Waals surface area contributed by atoms with E-state index in [1.807, 2.05) is 42.7 Å². The fourth-order valence-electron chi connectivity index (χ4n) is 5.27. The number of piperidine rings is 3. The first-order valence-electron chi connectivity index (χ1n) is 9.68. The van der Waals surface area contributed by atoms with Gasteiger partial charge in [0.05, 0.1) is 6.04 Å². The Hall–Kier alpha value is -1.67. The maximum Gasteiger partial charge on any atom is 0.322 e. The number of carbonyl (C=O) groups is 1. The largest absolute Gasteiger partial charge is 0.322 e. The Morgan fingerprint density at radius 3 is 2.59 bits per heavy atom. The van der Waals surface area contributed by atoms with Gasteiger partial charge in [0.1, 0.15) is 0 Å². The number of amides is 2. The summed E-state index contributed by atoms with van der Waals surface area (Å²) in [6.45, 7) is 3.09. The Bertz CT molecular complexity index is 820. The molecule has 5 nitrogen and oxygen atoms in total. The van der Waals surface area contributed by atoms with Crippen LogP contribution in [-0.2, 0) is 0 Å². The van der Waals surface area contributed by atoms with Gasteiger partial charge in [-0.15, -0.1) is 0 Å².